The molecule has 0 bridgehead atoms. The summed E-state index contributed by atoms with van der Waals surface area (Å²) in [5.74, 6) is -0.724. The number of aliphatic carboxylic acids is 1. The number of benzene rings is 1. The van der Waals surface area contributed by atoms with Crippen molar-refractivity contribution < 1.29 is 9.90 Å². The monoisotopic (exact) mass is 261 g/mol. The zero-order chi connectivity index (χ0) is 13.5. The van der Waals surface area contributed by atoms with Gasteiger partial charge in [0.15, 0.2) is 0 Å². The van der Waals surface area contributed by atoms with E-state index in [-0.39, 0.29) is 12.0 Å². The van der Waals surface area contributed by atoms with Crippen LogP contribution in [0.1, 0.15) is 6.42 Å². The normalized spacial score (nSPS) is 20.7. The summed E-state index contributed by atoms with van der Waals surface area (Å²) < 4.78 is 0. The molecule has 0 saturated carbocycles. The largest absolute Gasteiger partial charge is 0.481 e. The second kappa shape index (κ2) is 4.42. The molecule has 3 rings (SSSR count). The van der Waals surface area contributed by atoms with Crippen molar-refractivity contribution in [3.63, 3.8) is 0 Å². The van der Waals surface area contributed by atoms with E-state index in [0.717, 1.165) is 31.9 Å². The lowest BCUT2D eigenvalue weighted by molar-refractivity contribution is -0.139. The van der Waals surface area contributed by atoms with E-state index in [2.05, 4.69) is 34.3 Å². The lowest BCUT2D eigenvalue weighted by Crippen LogP contribution is -2.71. The number of likely N-dealkylation sites (N-methyl/N-ethyl adjacent to an activating group) is 1. The summed E-state index contributed by atoms with van der Waals surface area (Å²) in [5.41, 5.74) is 2.08. The summed E-state index contributed by atoms with van der Waals surface area (Å²) in [6, 6.07) is 8.24. The fourth-order valence-electron chi connectivity index (χ4n) is 3.11. The summed E-state index contributed by atoms with van der Waals surface area (Å²) in [6.07, 6.45) is 0.193. The number of hydrogen-bond donors (Lipinski definition) is 2. The van der Waals surface area contributed by atoms with Crippen molar-refractivity contribution in [3.05, 3.63) is 24.3 Å². The van der Waals surface area contributed by atoms with Gasteiger partial charge in [-0.05, 0) is 12.1 Å². The molecule has 1 aromatic rings. The summed E-state index contributed by atoms with van der Waals surface area (Å²) in [4.78, 5) is 15.7. The summed E-state index contributed by atoms with van der Waals surface area (Å²) >= 11 is 0. The molecule has 1 fully saturated rings. The molecule has 0 radical (unpaired) electrons. The van der Waals surface area contributed by atoms with Crippen LogP contribution >= 0.6 is 0 Å². The van der Waals surface area contributed by atoms with Crippen LogP contribution in [0.3, 0.4) is 0 Å². The molecule has 2 heterocycles. The third kappa shape index (κ3) is 1.94. The van der Waals surface area contributed by atoms with E-state index < -0.39 is 5.97 Å². The predicted molar refractivity (Wildman–Crippen MR) is 74.9 cm³/mol. The zero-order valence-corrected chi connectivity index (χ0v) is 11.1. The number of nitrogens with one attached hydrogen (secondary N) is 1. The lowest BCUT2D eigenvalue weighted by atomic mass is 9.85. The molecular weight excluding hydrogens is 242 g/mol. The van der Waals surface area contributed by atoms with Crippen molar-refractivity contribution in [1.82, 2.24) is 5.32 Å². The summed E-state index contributed by atoms with van der Waals surface area (Å²) in [6.45, 7) is 3.30. The Morgan fingerprint density at radius 3 is 2.58 bits per heavy atom. The summed E-state index contributed by atoms with van der Waals surface area (Å²) in [7, 11) is 2.08. The van der Waals surface area contributed by atoms with Gasteiger partial charge in [0.05, 0.1) is 23.3 Å². The van der Waals surface area contributed by atoms with Gasteiger partial charge in [0, 0.05) is 33.2 Å². The Kier molecular flexibility index (Phi) is 2.86. The molecule has 19 heavy (non-hydrogen) atoms. The van der Waals surface area contributed by atoms with Gasteiger partial charge in [-0.25, -0.2) is 0 Å². The van der Waals surface area contributed by atoms with E-state index in [1.54, 1.807) is 0 Å². The van der Waals surface area contributed by atoms with Gasteiger partial charge in [-0.2, -0.15) is 0 Å². The molecule has 0 amide bonds. The Morgan fingerprint density at radius 1 is 1.32 bits per heavy atom. The van der Waals surface area contributed by atoms with Crippen LogP contribution in [0.15, 0.2) is 24.3 Å². The molecule has 5 heteroatoms. The van der Waals surface area contributed by atoms with Gasteiger partial charge in [-0.3, -0.25) is 4.79 Å². The van der Waals surface area contributed by atoms with E-state index in [0.29, 0.717) is 0 Å². The molecule has 1 aromatic carbocycles. The SMILES string of the molecule is CN1CCN(C2(CC(=O)O)CNC2)c2ccccc21. The average molecular weight is 261 g/mol. The second-order valence-corrected chi connectivity index (χ2v) is 5.46. The van der Waals surface area contributed by atoms with Gasteiger partial charge in [0.1, 0.15) is 0 Å². The first-order chi connectivity index (χ1) is 9.12. The quantitative estimate of drug-likeness (QED) is 0.841. The van der Waals surface area contributed by atoms with E-state index in [1.165, 1.54) is 5.69 Å². The molecule has 5 nitrogen and oxygen atoms in total. The van der Waals surface area contributed by atoms with Crippen LogP contribution in [0, 0.1) is 0 Å². The maximum absolute atomic E-state index is 11.2. The molecule has 0 aliphatic carbocycles. The third-order valence-electron chi connectivity index (χ3n) is 4.20. The number of anilines is 2. The van der Waals surface area contributed by atoms with E-state index >= 15 is 0 Å². The number of para-hydroxylation sites is 2. The maximum atomic E-state index is 11.2. The topological polar surface area (TPSA) is 55.8 Å². The highest BCUT2D eigenvalue weighted by Crippen LogP contribution is 2.38. The smallest absolute Gasteiger partial charge is 0.305 e. The molecular formula is C14H19N3O2. The van der Waals surface area contributed by atoms with Crippen LogP contribution in [0.25, 0.3) is 0 Å². The third-order valence-corrected chi connectivity index (χ3v) is 4.20. The molecule has 0 aromatic heterocycles. The van der Waals surface area contributed by atoms with Crippen molar-refractivity contribution in [2.75, 3.05) is 43.0 Å². The lowest BCUT2D eigenvalue weighted by Gasteiger charge is -2.54. The van der Waals surface area contributed by atoms with Gasteiger partial charge < -0.3 is 20.2 Å². The minimum absolute atomic E-state index is 0.193. The average Bonchev–Trinajstić information content (AvgIpc) is 2.35. The second-order valence-electron chi connectivity index (χ2n) is 5.46. The highest BCUT2D eigenvalue weighted by molar-refractivity contribution is 5.77. The molecule has 0 unspecified atom stereocenters. The maximum Gasteiger partial charge on any atom is 0.305 e. The molecule has 1 saturated heterocycles. The Bertz CT molecular complexity index is 499. The number of carboxylic acid groups (broad SMARTS) is 1. The zero-order valence-electron chi connectivity index (χ0n) is 11.1. The van der Waals surface area contributed by atoms with Crippen molar-refractivity contribution in [2.45, 2.75) is 12.0 Å². The number of hydrogen-bond acceptors (Lipinski definition) is 4. The number of carbonyl (C=O) groups is 1. The fraction of sp³-hybridized carbons (Fsp3) is 0.500. The Morgan fingerprint density at radius 2 is 2.00 bits per heavy atom. The number of rotatable bonds is 3. The molecule has 2 aliphatic rings. The first kappa shape index (κ1) is 12.3. The van der Waals surface area contributed by atoms with Crippen molar-refractivity contribution >= 4 is 17.3 Å². The highest BCUT2D eigenvalue weighted by Gasteiger charge is 2.46. The number of fused-ring (bicyclic) bond motifs is 1. The molecule has 2 N–H and O–H groups in total. The van der Waals surface area contributed by atoms with Gasteiger partial charge in [-0.1, -0.05) is 12.1 Å². The molecule has 2 aliphatic heterocycles. The first-order valence-electron chi connectivity index (χ1n) is 6.63. The van der Waals surface area contributed by atoms with Crippen LogP contribution < -0.4 is 15.1 Å². The molecule has 0 spiro atoms. The van der Waals surface area contributed by atoms with E-state index in [1.807, 2.05) is 12.1 Å². The van der Waals surface area contributed by atoms with Crippen molar-refractivity contribution in [3.8, 4) is 0 Å². The van der Waals surface area contributed by atoms with Crippen molar-refractivity contribution in [2.24, 2.45) is 0 Å². The van der Waals surface area contributed by atoms with Crippen molar-refractivity contribution in [1.29, 1.82) is 0 Å². The van der Waals surface area contributed by atoms with Crippen LogP contribution in [-0.4, -0.2) is 49.8 Å². The number of nitrogens with zero attached hydrogens (tertiary/aromatic N) is 2. The minimum atomic E-state index is -0.724. The van der Waals surface area contributed by atoms with Crippen LogP contribution in [0.5, 0.6) is 0 Å². The minimum Gasteiger partial charge on any atom is -0.481 e. The Hall–Kier alpha value is -1.75. The Labute approximate surface area is 112 Å². The fourth-order valence-corrected chi connectivity index (χ4v) is 3.11. The van der Waals surface area contributed by atoms with Crippen LogP contribution in [-0.2, 0) is 4.79 Å². The highest BCUT2D eigenvalue weighted by atomic mass is 16.4. The molecule has 102 valence electrons. The number of carboxylic acids is 1. The van der Waals surface area contributed by atoms with Gasteiger partial charge in [-0.15, -0.1) is 0 Å². The van der Waals surface area contributed by atoms with Crippen LogP contribution in [0.4, 0.5) is 11.4 Å². The van der Waals surface area contributed by atoms with Gasteiger partial charge >= 0.3 is 5.97 Å². The van der Waals surface area contributed by atoms with Gasteiger partial charge in [0.25, 0.3) is 0 Å². The van der Waals surface area contributed by atoms with Gasteiger partial charge in [0.2, 0.25) is 0 Å². The van der Waals surface area contributed by atoms with Crippen LogP contribution in [0.2, 0.25) is 0 Å². The standard InChI is InChI=1S/C14H19N3O2/c1-16-6-7-17(12-5-3-2-4-11(12)16)14(8-13(18)19)9-15-10-14/h2-5,15H,6-10H2,1H3,(H,18,19). The van der Waals surface area contributed by atoms with E-state index in [9.17, 15) is 9.90 Å². The van der Waals surface area contributed by atoms with E-state index in [4.69, 9.17) is 0 Å². The molecule has 0 atom stereocenters. The first-order valence-corrected chi connectivity index (χ1v) is 6.63. The predicted octanol–water partition coefficient (Wildman–Crippen LogP) is 0.760. The Balaban J connectivity index is 1.97. The summed E-state index contributed by atoms with van der Waals surface area (Å²) in [5, 5.41) is 12.4.